The average molecular weight is 279 g/mol. The number of fused-ring (bicyclic) bond motifs is 1. The summed E-state index contributed by atoms with van der Waals surface area (Å²) in [5.74, 6) is 3.06. The third-order valence-electron chi connectivity index (χ3n) is 3.47. The maximum absolute atomic E-state index is 5.74. The van der Waals surface area contributed by atoms with E-state index in [9.17, 15) is 0 Å². The van der Waals surface area contributed by atoms with Crippen molar-refractivity contribution in [2.75, 3.05) is 26.7 Å². The van der Waals surface area contributed by atoms with E-state index >= 15 is 0 Å². The third-order valence-corrected chi connectivity index (χ3v) is 3.47. The maximum Gasteiger partial charge on any atom is 0.231 e. The monoisotopic (exact) mass is 279 g/mol. The Morgan fingerprint density at radius 3 is 2.80 bits per heavy atom. The zero-order valence-electron chi connectivity index (χ0n) is 11.8. The van der Waals surface area contributed by atoms with Gasteiger partial charge in [0.15, 0.2) is 18.3 Å². The van der Waals surface area contributed by atoms with Gasteiger partial charge in [0.05, 0.1) is 6.61 Å². The maximum atomic E-state index is 5.74. The lowest BCUT2D eigenvalue weighted by atomic mass is 10.1. The van der Waals surface area contributed by atoms with Crippen molar-refractivity contribution >= 4 is 0 Å². The van der Waals surface area contributed by atoms with Crippen LogP contribution in [0.5, 0.6) is 17.2 Å². The van der Waals surface area contributed by atoms with Crippen LogP contribution in [-0.4, -0.2) is 26.7 Å². The molecule has 0 atom stereocenters. The lowest BCUT2D eigenvalue weighted by Gasteiger charge is -2.13. The van der Waals surface area contributed by atoms with E-state index in [0.717, 1.165) is 48.4 Å². The van der Waals surface area contributed by atoms with Crippen LogP contribution in [0, 0.1) is 5.92 Å². The van der Waals surface area contributed by atoms with Crippen LogP contribution >= 0.6 is 0 Å². The van der Waals surface area contributed by atoms with Gasteiger partial charge in [0, 0.05) is 18.2 Å². The molecule has 1 aromatic rings. The minimum atomic E-state index is 0.275. The van der Waals surface area contributed by atoms with Crippen LogP contribution in [0.15, 0.2) is 12.1 Å². The van der Waals surface area contributed by atoms with Gasteiger partial charge in [-0.3, -0.25) is 0 Å². The van der Waals surface area contributed by atoms with Crippen LogP contribution in [0.2, 0.25) is 0 Å². The van der Waals surface area contributed by atoms with Gasteiger partial charge in [0.25, 0.3) is 0 Å². The lowest BCUT2D eigenvalue weighted by Crippen LogP contribution is -2.14. The molecule has 0 spiro atoms. The Morgan fingerprint density at radius 2 is 2.05 bits per heavy atom. The van der Waals surface area contributed by atoms with E-state index in [4.69, 9.17) is 18.9 Å². The van der Waals surface area contributed by atoms with Crippen molar-refractivity contribution in [3.05, 3.63) is 17.7 Å². The average Bonchev–Trinajstić information content (AvgIpc) is 3.18. The Labute approximate surface area is 119 Å². The van der Waals surface area contributed by atoms with E-state index in [-0.39, 0.29) is 13.6 Å². The van der Waals surface area contributed by atoms with Gasteiger partial charge in [-0.25, -0.2) is 0 Å². The molecule has 1 fully saturated rings. The highest BCUT2D eigenvalue weighted by Gasteiger charge is 2.21. The van der Waals surface area contributed by atoms with Gasteiger partial charge in [-0.05, 0) is 31.4 Å². The van der Waals surface area contributed by atoms with Crippen LogP contribution < -0.4 is 19.5 Å². The normalized spacial score (nSPS) is 16.4. The number of nitrogens with one attached hydrogen (secondary N) is 1. The molecule has 1 aliphatic heterocycles. The van der Waals surface area contributed by atoms with Crippen LogP contribution in [0.4, 0.5) is 0 Å². The van der Waals surface area contributed by atoms with Gasteiger partial charge in [-0.15, -0.1) is 0 Å². The lowest BCUT2D eigenvalue weighted by molar-refractivity contribution is 0.00934. The Morgan fingerprint density at radius 1 is 1.25 bits per heavy atom. The van der Waals surface area contributed by atoms with Crippen LogP contribution in [-0.2, 0) is 11.3 Å². The Hall–Kier alpha value is -1.46. The molecule has 0 amide bonds. The van der Waals surface area contributed by atoms with Gasteiger partial charge in [0.1, 0.15) is 5.75 Å². The quantitative estimate of drug-likeness (QED) is 0.584. The highest BCUT2D eigenvalue weighted by Crippen LogP contribution is 2.38. The van der Waals surface area contributed by atoms with E-state index in [1.54, 1.807) is 0 Å². The molecule has 2 aliphatic rings. The second-order valence-corrected chi connectivity index (χ2v) is 5.17. The fourth-order valence-electron chi connectivity index (χ4n) is 2.10. The first-order chi connectivity index (χ1) is 9.86. The summed E-state index contributed by atoms with van der Waals surface area (Å²) in [6.45, 7) is 5.09. The smallest absolute Gasteiger partial charge is 0.231 e. The Bertz CT molecular complexity index is 459. The zero-order chi connectivity index (χ0) is 13.8. The highest BCUT2D eigenvalue weighted by atomic mass is 16.7. The van der Waals surface area contributed by atoms with Gasteiger partial charge < -0.3 is 24.3 Å². The first-order valence-corrected chi connectivity index (χ1v) is 7.20. The molecular formula is C15H21NO4. The molecule has 5 nitrogen and oxygen atoms in total. The second kappa shape index (κ2) is 6.33. The molecule has 1 aliphatic carbocycles. The third kappa shape index (κ3) is 3.35. The summed E-state index contributed by atoms with van der Waals surface area (Å²) in [7, 11) is 0. The number of rotatable bonds is 8. The fourth-order valence-corrected chi connectivity index (χ4v) is 2.10. The molecule has 5 heteroatoms. The summed E-state index contributed by atoms with van der Waals surface area (Å²) in [4.78, 5) is 0. The van der Waals surface area contributed by atoms with Crippen LogP contribution in [0.1, 0.15) is 25.3 Å². The fraction of sp³-hybridized carbons (Fsp3) is 0.600. The predicted octanol–water partition coefficient (Wildman–Crippen LogP) is 2.29. The van der Waals surface area contributed by atoms with E-state index in [0.29, 0.717) is 0 Å². The minimum absolute atomic E-state index is 0.275. The number of benzene rings is 1. The molecule has 110 valence electrons. The molecule has 0 unspecified atom stereocenters. The first-order valence-electron chi connectivity index (χ1n) is 7.20. The summed E-state index contributed by atoms with van der Waals surface area (Å²) in [5.41, 5.74) is 1.06. The minimum Gasteiger partial charge on any atom is -0.467 e. The molecule has 0 radical (unpaired) electrons. The largest absolute Gasteiger partial charge is 0.467 e. The molecule has 1 heterocycles. The molecular weight excluding hydrogens is 258 g/mol. The molecule has 0 saturated heterocycles. The summed E-state index contributed by atoms with van der Waals surface area (Å²) in [5, 5.41) is 3.30. The van der Waals surface area contributed by atoms with Crippen molar-refractivity contribution in [1.29, 1.82) is 0 Å². The molecule has 0 bridgehead atoms. The first kappa shape index (κ1) is 13.5. The topological polar surface area (TPSA) is 49.0 Å². The Kier molecular flexibility index (Phi) is 4.28. The van der Waals surface area contributed by atoms with Gasteiger partial charge in [-0.2, -0.15) is 0 Å². The van der Waals surface area contributed by atoms with E-state index in [1.807, 2.05) is 12.1 Å². The summed E-state index contributed by atoms with van der Waals surface area (Å²) >= 11 is 0. The zero-order valence-corrected chi connectivity index (χ0v) is 11.8. The highest BCUT2D eigenvalue weighted by molar-refractivity contribution is 5.51. The van der Waals surface area contributed by atoms with Crippen molar-refractivity contribution < 1.29 is 18.9 Å². The van der Waals surface area contributed by atoms with E-state index in [2.05, 4.69) is 12.2 Å². The molecule has 3 rings (SSSR count). The predicted molar refractivity (Wildman–Crippen MR) is 74.1 cm³/mol. The van der Waals surface area contributed by atoms with Crippen molar-refractivity contribution in [3.63, 3.8) is 0 Å². The van der Waals surface area contributed by atoms with Gasteiger partial charge in [-0.1, -0.05) is 6.92 Å². The summed E-state index contributed by atoms with van der Waals surface area (Å²) in [6.07, 6.45) is 2.57. The number of ether oxygens (including phenoxy) is 4. The standard InChI is InChI=1S/C15H21NO4/c1-2-16-7-12-5-14-15(20-10-19-14)6-13(12)18-9-17-8-11-3-4-11/h5-6,11,16H,2-4,7-10H2,1H3. The summed E-state index contributed by atoms with van der Waals surface area (Å²) < 4.78 is 22.1. The number of hydrogen-bond acceptors (Lipinski definition) is 5. The SMILES string of the molecule is CCNCc1cc2c(cc1OCOCC1CC1)OCO2. The van der Waals surface area contributed by atoms with Crippen molar-refractivity contribution in [2.24, 2.45) is 5.92 Å². The van der Waals surface area contributed by atoms with Gasteiger partial charge >= 0.3 is 0 Å². The van der Waals surface area contributed by atoms with Gasteiger partial charge in [0.2, 0.25) is 6.79 Å². The van der Waals surface area contributed by atoms with Crippen molar-refractivity contribution in [2.45, 2.75) is 26.3 Å². The second-order valence-electron chi connectivity index (χ2n) is 5.17. The van der Waals surface area contributed by atoms with Crippen molar-refractivity contribution in [3.8, 4) is 17.2 Å². The summed E-state index contributed by atoms with van der Waals surface area (Å²) in [6, 6.07) is 3.86. The van der Waals surface area contributed by atoms with E-state index in [1.165, 1.54) is 12.8 Å². The molecule has 1 saturated carbocycles. The van der Waals surface area contributed by atoms with Crippen LogP contribution in [0.25, 0.3) is 0 Å². The van der Waals surface area contributed by atoms with Crippen molar-refractivity contribution in [1.82, 2.24) is 5.32 Å². The molecule has 1 aromatic carbocycles. The number of hydrogen-bond donors (Lipinski definition) is 1. The molecule has 1 N–H and O–H groups in total. The molecule has 0 aromatic heterocycles. The van der Waals surface area contributed by atoms with E-state index < -0.39 is 0 Å². The van der Waals surface area contributed by atoms with Crippen LogP contribution in [0.3, 0.4) is 0 Å². The molecule has 20 heavy (non-hydrogen) atoms. The Balaban J connectivity index is 1.62.